The highest BCUT2D eigenvalue weighted by atomic mass is 35.5. The lowest BCUT2D eigenvalue weighted by Gasteiger charge is -2.08. The summed E-state index contributed by atoms with van der Waals surface area (Å²) < 4.78 is 0. The van der Waals surface area contributed by atoms with E-state index < -0.39 is 10.8 Å². The van der Waals surface area contributed by atoms with Gasteiger partial charge in [0.2, 0.25) is 0 Å². The number of aromatic nitrogens is 1. The van der Waals surface area contributed by atoms with Crippen LogP contribution in [0.4, 0.5) is 11.4 Å². The van der Waals surface area contributed by atoms with Crippen molar-refractivity contribution in [1.29, 1.82) is 0 Å². The molecule has 1 aromatic carbocycles. The first kappa shape index (κ1) is 14.0. The number of carbonyl (C=O) groups is 1. The molecule has 0 unspecified atom stereocenters. The molecule has 1 aromatic heterocycles. The number of carbonyl (C=O) groups excluding carboxylic acids is 1. The maximum atomic E-state index is 12.0. The van der Waals surface area contributed by atoms with Crippen LogP contribution in [0.15, 0.2) is 36.5 Å². The molecule has 2 aromatic rings. The highest BCUT2D eigenvalue weighted by molar-refractivity contribution is 6.29. The number of hydrogen-bond donors (Lipinski definition) is 1. The summed E-state index contributed by atoms with van der Waals surface area (Å²) in [7, 11) is 0. The summed E-state index contributed by atoms with van der Waals surface area (Å²) in [5, 5.41) is 13.7. The third kappa shape index (κ3) is 2.92. The Morgan fingerprint density at radius 1 is 1.35 bits per heavy atom. The number of nitrogens with one attached hydrogen (secondary N) is 1. The van der Waals surface area contributed by atoms with Gasteiger partial charge in [-0.3, -0.25) is 14.9 Å². The fourth-order valence-electron chi connectivity index (χ4n) is 1.66. The Bertz CT molecular complexity index is 671. The molecule has 0 radical (unpaired) electrons. The summed E-state index contributed by atoms with van der Waals surface area (Å²) in [6, 6.07) is 7.52. The zero-order valence-corrected chi connectivity index (χ0v) is 11.2. The standard InChI is InChI=1S/C13H10ClN3O3/c1-8-10(3-2-4-11(8)17(19)20)16-13(18)9-5-6-12(14)15-7-9/h2-7H,1H3,(H,16,18). The molecule has 0 aliphatic rings. The predicted octanol–water partition coefficient (Wildman–Crippen LogP) is 3.20. The number of anilines is 1. The molecule has 0 bridgehead atoms. The average molecular weight is 292 g/mol. The summed E-state index contributed by atoms with van der Waals surface area (Å²) in [6.45, 7) is 1.58. The Morgan fingerprint density at radius 2 is 2.10 bits per heavy atom. The topological polar surface area (TPSA) is 85.1 Å². The molecule has 0 spiro atoms. The van der Waals surface area contributed by atoms with E-state index in [9.17, 15) is 14.9 Å². The molecular formula is C13H10ClN3O3. The highest BCUT2D eigenvalue weighted by Gasteiger charge is 2.15. The maximum absolute atomic E-state index is 12.0. The maximum Gasteiger partial charge on any atom is 0.274 e. The minimum absolute atomic E-state index is 0.0444. The Kier molecular flexibility index (Phi) is 3.95. The van der Waals surface area contributed by atoms with Gasteiger partial charge in [0.25, 0.3) is 11.6 Å². The second kappa shape index (κ2) is 5.66. The molecule has 0 saturated carbocycles. The fraction of sp³-hybridized carbons (Fsp3) is 0.0769. The van der Waals surface area contributed by atoms with E-state index in [1.165, 1.54) is 30.5 Å². The second-order valence-corrected chi connectivity index (χ2v) is 4.42. The summed E-state index contributed by atoms with van der Waals surface area (Å²) in [5.41, 5.74) is 1.06. The van der Waals surface area contributed by atoms with Crippen LogP contribution in [0, 0.1) is 17.0 Å². The lowest BCUT2D eigenvalue weighted by atomic mass is 10.1. The third-order valence-electron chi connectivity index (χ3n) is 2.74. The third-order valence-corrected chi connectivity index (χ3v) is 2.96. The smallest absolute Gasteiger partial charge is 0.274 e. The van der Waals surface area contributed by atoms with Gasteiger partial charge in [-0.25, -0.2) is 4.98 Å². The molecule has 102 valence electrons. The van der Waals surface area contributed by atoms with Crippen LogP contribution in [0.3, 0.4) is 0 Å². The molecule has 20 heavy (non-hydrogen) atoms. The largest absolute Gasteiger partial charge is 0.321 e. The number of nitrogens with zero attached hydrogens (tertiary/aromatic N) is 2. The van der Waals surface area contributed by atoms with E-state index in [4.69, 9.17) is 11.6 Å². The van der Waals surface area contributed by atoms with E-state index >= 15 is 0 Å². The molecule has 1 amide bonds. The number of halogens is 1. The van der Waals surface area contributed by atoms with E-state index in [1.807, 2.05) is 0 Å². The Labute approximate surface area is 119 Å². The Balaban J connectivity index is 2.26. The molecular weight excluding hydrogens is 282 g/mol. The van der Waals surface area contributed by atoms with Crippen molar-refractivity contribution >= 4 is 28.9 Å². The van der Waals surface area contributed by atoms with Crippen molar-refractivity contribution in [2.45, 2.75) is 6.92 Å². The van der Waals surface area contributed by atoms with Crippen molar-refractivity contribution in [3.05, 3.63) is 62.9 Å². The summed E-state index contributed by atoms with van der Waals surface area (Å²) in [4.78, 5) is 26.1. The van der Waals surface area contributed by atoms with Gasteiger partial charge in [-0.1, -0.05) is 17.7 Å². The fourth-order valence-corrected chi connectivity index (χ4v) is 1.77. The minimum Gasteiger partial charge on any atom is -0.321 e. The number of benzene rings is 1. The van der Waals surface area contributed by atoms with E-state index in [0.717, 1.165) is 0 Å². The van der Waals surface area contributed by atoms with Gasteiger partial charge in [0.15, 0.2) is 0 Å². The van der Waals surface area contributed by atoms with Gasteiger partial charge in [-0.05, 0) is 25.1 Å². The second-order valence-electron chi connectivity index (χ2n) is 4.03. The van der Waals surface area contributed by atoms with Gasteiger partial charge in [0.1, 0.15) is 5.15 Å². The van der Waals surface area contributed by atoms with Gasteiger partial charge >= 0.3 is 0 Å². The predicted molar refractivity (Wildman–Crippen MR) is 75.0 cm³/mol. The van der Waals surface area contributed by atoms with Gasteiger partial charge < -0.3 is 5.32 Å². The van der Waals surface area contributed by atoms with Crippen LogP contribution >= 0.6 is 11.6 Å². The van der Waals surface area contributed by atoms with Crippen LogP contribution < -0.4 is 5.32 Å². The van der Waals surface area contributed by atoms with Crippen LogP contribution in [0.25, 0.3) is 0 Å². The number of hydrogen-bond acceptors (Lipinski definition) is 4. The highest BCUT2D eigenvalue weighted by Crippen LogP contribution is 2.25. The number of rotatable bonds is 3. The molecule has 6 nitrogen and oxygen atoms in total. The monoisotopic (exact) mass is 291 g/mol. The Hall–Kier alpha value is -2.47. The van der Waals surface area contributed by atoms with Crippen molar-refractivity contribution < 1.29 is 9.72 Å². The molecule has 0 aliphatic carbocycles. The number of nitro benzene ring substituents is 1. The molecule has 2 rings (SSSR count). The first-order valence-electron chi connectivity index (χ1n) is 5.66. The molecule has 1 heterocycles. The molecule has 0 saturated heterocycles. The number of pyridine rings is 1. The van der Waals surface area contributed by atoms with Crippen molar-refractivity contribution in [2.75, 3.05) is 5.32 Å². The quantitative estimate of drug-likeness (QED) is 0.534. The summed E-state index contributed by atoms with van der Waals surface area (Å²) >= 11 is 5.64. The van der Waals surface area contributed by atoms with E-state index in [0.29, 0.717) is 16.8 Å². The first-order valence-corrected chi connectivity index (χ1v) is 6.04. The minimum atomic E-state index is -0.491. The van der Waals surface area contributed by atoms with Crippen molar-refractivity contribution in [1.82, 2.24) is 4.98 Å². The van der Waals surface area contributed by atoms with Crippen molar-refractivity contribution in [2.24, 2.45) is 0 Å². The van der Waals surface area contributed by atoms with Crippen LogP contribution in [0.5, 0.6) is 0 Å². The van der Waals surface area contributed by atoms with E-state index in [1.54, 1.807) is 13.0 Å². The zero-order chi connectivity index (χ0) is 14.7. The molecule has 1 N–H and O–H groups in total. The molecule has 7 heteroatoms. The normalized spacial score (nSPS) is 10.1. The first-order chi connectivity index (χ1) is 9.49. The van der Waals surface area contributed by atoms with Gasteiger partial charge in [-0.15, -0.1) is 0 Å². The SMILES string of the molecule is Cc1c(NC(=O)c2ccc(Cl)nc2)cccc1[N+](=O)[O-]. The lowest BCUT2D eigenvalue weighted by Crippen LogP contribution is -2.13. The molecule has 0 fully saturated rings. The zero-order valence-electron chi connectivity index (χ0n) is 10.5. The summed E-state index contributed by atoms with van der Waals surface area (Å²) in [5.74, 6) is -0.405. The van der Waals surface area contributed by atoms with Crippen molar-refractivity contribution in [3.8, 4) is 0 Å². The van der Waals surface area contributed by atoms with Crippen LogP contribution in [-0.2, 0) is 0 Å². The number of amides is 1. The van der Waals surface area contributed by atoms with E-state index in [2.05, 4.69) is 10.3 Å². The van der Waals surface area contributed by atoms with Gasteiger partial charge in [-0.2, -0.15) is 0 Å². The van der Waals surface area contributed by atoms with Crippen molar-refractivity contribution in [3.63, 3.8) is 0 Å². The lowest BCUT2D eigenvalue weighted by molar-refractivity contribution is -0.385. The average Bonchev–Trinajstić information content (AvgIpc) is 2.41. The van der Waals surface area contributed by atoms with Crippen LogP contribution in [0.1, 0.15) is 15.9 Å². The Morgan fingerprint density at radius 3 is 2.70 bits per heavy atom. The van der Waals surface area contributed by atoms with Crippen LogP contribution in [0.2, 0.25) is 5.15 Å². The number of nitro groups is 1. The van der Waals surface area contributed by atoms with Gasteiger partial charge in [0.05, 0.1) is 21.7 Å². The van der Waals surface area contributed by atoms with Crippen LogP contribution in [-0.4, -0.2) is 15.8 Å². The molecule has 0 aliphatic heterocycles. The molecule has 0 atom stereocenters. The summed E-state index contributed by atoms with van der Waals surface area (Å²) in [6.07, 6.45) is 1.34. The van der Waals surface area contributed by atoms with Gasteiger partial charge in [0, 0.05) is 12.3 Å². The van der Waals surface area contributed by atoms with E-state index in [-0.39, 0.29) is 10.8 Å².